The number of carbonyl (C=O) groups is 2. The first-order chi connectivity index (χ1) is 11.5. The van der Waals surface area contributed by atoms with Crippen LogP contribution in [0, 0.1) is 5.92 Å². The monoisotopic (exact) mass is 398 g/mol. The molecule has 8 heteroatoms. The number of carbonyl (C=O) groups excluding carboxylic acids is 2. The SMILES string of the molecule is CC(C)NC(=O)C1CCN(C(=O)c2nn3c(c2Br)OCCC3)CC1. The molecule has 0 unspecified atom stereocenters. The summed E-state index contributed by atoms with van der Waals surface area (Å²) < 4.78 is 7.96. The van der Waals surface area contributed by atoms with Crippen LogP contribution in [0.1, 0.15) is 43.6 Å². The molecule has 1 N–H and O–H groups in total. The Labute approximate surface area is 149 Å². The van der Waals surface area contributed by atoms with Crippen molar-refractivity contribution in [2.75, 3.05) is 19.7 Å². The summed E-state index contributed by atoms with van der Waals surface area (Å²) in [5.41, 5.74) is 0.400. The van der Waals surface area contributed by atoms with E-state index in [0.717, 1.165) is 13.0 Å². The first kappa shape index (κ1) is 17.3. The van der Waals surface area contributed by atoms with E-state index in [1.165, 1.54) is 0 Å². The van der Waals surface area contributed by atoms with Crippen molar-refractivity contribution < 1.29 is 14.3 Å². The molecule has 24 heavy (non-hydrogen) atoms. The summed E-state index contributed by atoms with van der Waals surface area (Å²) in [5.74, 6) is 0.605. The molecule has 1 fully saturated rings. The summed E-state index contributed by atoms with van der Waals surface area (Å²) in [6, 6.07) is 0.144. The van der Waals surface area contributed by atoms with Gasteiger partial charge in [0.25, 0.3) is 5.91 Å². The first-order valence-electron chi connectivity index (χ1n) is 8.46. The minimum atomic E-state index is -0.102. The number of amides is 2. The molecule has 7 nitrogen and oxygen atoms in total. The zero-order chi connectivity index (χ0) is 17.3. The highest BCUT2D eigenvalue weighted by Gasteiger charge is 2.32. The average molecular weight is 399 g/mol. The van der Waals surface area contributed by atoms with Gasteiger partial charge in [0.15, 0.2) is 5.69 Å². The van der Waals surface area contributed by atoms with Crippen LogP contribution in [0.2, 0.25) is 0 Å². The van der Waals surface area contributed by atoms with E-state index >= 15 is 0 Å². The Bertz CT molecular complexity index is 636. The van der Waals surface area contributed by atoms with Crippen molar-refractivity contribution in [1.82, 2.24) is 20.0 Å². The predicted molar refractivity (Wildman–Crippen MR) is 91.9 cm³/mol. The van der Waals surface area contributed by atoms with Gasteiger partial charge in [-0.1, -0.05) is 0 Å². The van der Waals surface area contributed by atoms with Crippen LogP contribution >= 0.6 is 15.9 Å². The van der Waals surface area contributed by atoms with Crippen molar-refractivity contribution in [3.63, 3.8) is 0 Å². The number of nitrogens with zero attached hydrogens (tertiary/aromatic N) is 3. The summed E-state index contributed by atoms with van der Waals surface area (Å²) in [4.78, 5) is 26.6. The van der Waals surface area contributed by atoms with Crippen LogP contribution in [0.4, 0.5) is 0 Å². The summed E-state index contributed by atoms with van der Waals surface area (Å²) in [5, 5.41) is 7.34. The van der Waals surface area contributed by atoms with Crippen LogP contribution in [-0.4, -0.2) is 52.2 Å². The number of aryl methyl sites for hydroxylation is 1. The van der Waals surface area contributed by atoms with E-state index in [2.05, 4.69) is 26.3 Å². The molecule has 3 heterocycles. The smallest absolute Gasteiger partial charge is 0.275 e. The number of hydrogen-bond donors (Lipinski definition) is 1. The van der Waals surface area contributed by atoms with E-state index in [0.29, 0.717) is 48.6 Å². The maximum atomic E-state index is 12.8. The lowest BCUT2D eigenvalue weighted by molar-refractivity contribution is -0.126. The van der Waals surface area contributed by atoms with Gasteiger partial charge in [-0.3, -0.25) is 9.59 Å². The molecule has 0 radical (unpaired) electrons. The van der Waals surface area contributed by atoms with E-state index in [9.17, 15) is 9.59 Å². The third-order valence-corrected chi connectivity index (χ3v) is 5.11. The van der Waals surface area contributed by atoms with Crippen LogP contribution in [0.5, 0.6) is 5.88 Å². The van der Waals surface area contributed by atoms with E-state index in [4.69, 9.17) is 4.74 Å². The van der Waals surface area contributed by atoms with Gasteiger partial charge in [-0.15, -0.1) is 0 Å². The Kier molecular flexibility index (Phi) is 5.12. The molecule has 2 aliphatic heterocycles. The number of fused-ring (bicyclic) bond motifs is 1. The molecule has 3 rings (SSSR count). The van der Waals surface area contributed by atoms with Gasteiger partial charge in [0.05, 0.1) is 6.61 Å². The molecule has 1 saturated heterocycles. The van der Waals surface area contributed by atoms with Gasteiger partial charge in [-0.2, -0.15) is 5.10 Å². The fraction of sp³-hybridized carbons (Fsp3) is 0.688. The van der Waals surface area contributed by atoms with Crippen LogP contribution in [0.25, 0.3) is 0 Å². The summed E-state index contributed by atoms with van der Waals surface area (Å²) >= 11 is 3.45. The van der Waals surface area contributed by atoms with E-state index < -0.39 is 0 Å². The predicted octanol–water partition coefficient (Wildman–Crippen LogP) is 1.80. The van der Waals surface area contributed by atoms with Crippen molar-refractivity contribution in [2.24, 2.45) is 5.92 Å². The van der Waals surface area contributed by atoms with Crippen molar-refractivity contribution in [3.8, 4) is 5.88 Å². The first-order valence-corrected chi connectivity index (χ1v) is 9.25. The molecule has 0 spiro atoms. The molecular formula is C16H23BrN4O3. The number of ether oxygens (including phenoxy) is 1. The zero-order valence-electron chi connectivity index (χ0n) is 14.0. The van der Waals surface area contributed by atoms with Crippen LogP contribution in [-0.2, 0) is 11.3 Å². The van der Waals surface area contributed by atoms with Gasteiger partial charge in [-0.05, 0) is 42.6 Å². The van der Waals surface area contributed by atoms with E-state index in [1.807, 2.05) is 13.8 Å². The van der Waals surface area contributed by atoms with Crippen LogP contribution in [0.3, 0.4) is 0 Å². The Morgan fingerprint density at radius 1 is 1.29 bits per heavy atom. The molecule has 0 aromatic carbocycles. The van der Waals surface area contributed by atoms with Crippen molar-refractivity contribution in [2.45, 2.75) is 45.7 Å². The third kappa shape index (κ3) is 3.43. The van der Waals surface area contributed by atoms with Gasteiger partial charge in [0.2, 0.25) is 11.8 Å². The van der Waals surface area contributed by atoms with Crippen molar-refractivity contribution in [3.05, 3.63) is 10.2 Å². The van der Waals surface area contributed by atoms with Crippen LogP contribution < -0.4 is 10.1 Å². The number of rotatable bonds is 3. The topological polar surface area (TPSA) is 76.5 Å². The minimum Gasteiger partial charge on any atom is -0.477 e. The highest BCUT2D eigenvalue weighted by molar-refractivity contribution is 9.10. The average Bonchev–Trinajstić information content (AvgIpc) is 2.91. The van der Waals surface area contributed by atoms with Gasteiger partial charge >= 0.3 is 0 Å². The molecule has 0 saturated carbocycles. The van der Waals surface area contributed by atoms with Gasteiger partial charge in [0, 0.05) is 38.0 Å². The lowest BCUT2D eigenvalue weighted by atomic mass is 9.95. The summed E-state index contributed by atoms with van der Waals surface area (Å²) in [6.07, 6.45) is 2.27. The number of nitrogens with one attached hydrogen (secondary N) is 1. The van der Waals surface area contributed by atoms with Crippen molar-refractivity contribution in [1.29, 1.82) is 0 Å². The molecule has 1 aromatic rings. The summed E-state index contributed by atoms with van der Waals surface area (Å²) in [6.45, 7) is 6.47. The fourth-order valence-corrected chi connectivity index (χ4v) is 3.70. The molecule has 0 aliphatic carbocycles. The lowest BCUT2D eigenvalue weighted by Gasteiger charge is -2.31. The molecule has 0 bridgehead atoms. The zero-order valence-corrected chi connectivity index (χ0v) is 15.6. The van der Waals surface area contributed by atoms with E-state index in [-0.39, 0.29) is 23.8 Å². The van der Waals surface area contributed by atoms with Gasteiger partial charge < -0.3 is 15.0 Å². The number of hydrogen-bond acceptors (Lipinski definition) is 4. The summed E-state index contributed by atoms with van der Waals surface area (Å²) in [7, 11) is 0. The normalized spacial score (nSPS) is 18.2. The highest BCUT2D eigenvalue weighted by atomic mass is 79.9. The molecule has 132 valence electrons. The number of halogens is 1. The second-order valence-electron chi connectivity index (χ2n) is 6.62. The molecular weight excluding hydrogens is 376 g/mol. The van der Waals surface area contributed by atoms with Gasteiger partial charge in [-0.25, -0.2) is 4.68 Å². The maximum absolute atomic E-state index is 12.8. The Morgan fingerprint density at radius 2 is 2.00 bits per heavy atom. The molecule has 2 amide bonds. The Hall–Kier alpha value is -1.57. The minimum absolute atomic E-state index is 0.0153. The Morgan fingerprint density at radius 3 is 2.62 bits per heavy atom. The third-order valence-electron chi connectivity index (χ3n) is 4.39. The number of aromatic nitrogens is 2. The Balaban J connectivity index is 1.63. The standard InChI is InChI=1S/C16H23BrN4O3/c1-10(2)18-14(22)11-4-7-20(8-5-11)15(23)13-12(17)16-21(19-13)6-3-9-24-16/h10-11H,3-9H2,1-2H3,(H,18,22). The molecule has 2 aliphatic rings. The largest absolute Gasteiger partial charge is 0.477 e. The highest BCUT2D eigenvalue weighted by Crippen LogP contribution is 2.32. The molecule has 0 atom stereocenters. The quantitative estimate of drug-likeness (QED) is 0.841. The maximum Gasteiger partial charge on any atom is 0.275 e. The molecule has 1 aromatic heterocycles. The second-order valence-corrected chi connectivity index (χ2v) is 7.42. The fourth-order valence-electron chi connectivity index (χ4n) is 3.13. The van der Waals surface area contributed by atoms with E-state index in [1.54, 1.807) is 9.58 Å². The lowest BCUT2D eigenvalue weighted by Crippen LogP contribution is -2.44. The van der Waals surface area contributed by atoms with Gasteiger partial charge in [0.1, 0.15) is 4.47 Å². The number of likely N-dealkylation sites (tertiary alicyclic amines) is 1. The van der Waals surface area contributed by atoms with Crippen LogP contribution in [0.15, 0.2) is 4.47 Å². The van der Waals surface area contributed by atoms with Crippen molar-refractivity contribution >= 4 is 27.7 Å². The second kappa shape index (κ2) is 7.13. The number of piperidine rings is 1.